The summed E-state index contributed by atoms with van der Waals surface area (Å²) in [6.07, 6.45) is -4.66. The molecule has 0 saturated heterocycles. The first kappa shape index (κ1) is 28.5. The number of anilines is 1. The van der Waals surface area contributed by atoms with Crippen LogP contribution in [0.4, 0.5) is 32.0 Å². The van der Waals surface area contributed by atoms with Gasteiger partial charge in [-0.05, 0) is 65.9 Å². The normalized spacial score (nSPS) is 17.2. The second kappa shape index (κ2) is 11.1. The predicted octanol–water partition coefficient (Wildman–Crippen LogP) is 2.68. The predicted molar refractivity (Wildman–Crippen MR) is 123 cm³/mol. The minimum Gasteiger partial charge on any atom is -0.338 e. The molecule has 0 aliphatic heterocycles. The highest BCUT2D eigenvalue weighted by atomic mass is 19.4. The molecule has 19 heteroatoms. The summed E-state index contributed by atoms with van der Waals surface area (Å²) < 4.78 is 86.1. The lowest BCUT2D eigenvalue weighted by molar-refractivity contribution is -0.143. The Kier molecular flexibility index (Phi) is 7.69. The molecule has 2 N–H and O–H groups in total. The molecule has 2 atom stereocenters. The first-order valence-electron chi connectivity index (χ1n) is 12.7. The third-order valence-electron chi connectivity index (χ3n) is 7.01. The molecule has 2 saturated carbocycles. The van der Waals surface area contributed by atoms with Crippen LogP contribution in [0.3, 0.4) is 0 Å². The van der Waals surface area contributed by atoms with Crippen LogP contribution in [0.1, 0.15) is 60.2 Å². The van der Waals surface area contributed by atoms with Crippen LogP contribution >= 0.6 is 0 Å². The maximum absolute atomic E-state index is 14.9. The van der Waals surface area contributed by atoms with Crippen molar-refractivity contribution in [3.8, 4) is 0 Å². The molecule has 5 rings (SSSR count). The van der Waals surface area contributed by atoms with Crippen molar-refractivity contribution in [3.05, 3.63) is 29.4 Å². The lowest BCUT2D eigenvalue weighted by atomic mass is 9.88. The van der Waals surface area contributed by atoms with Gasteiger partial charge < -0.3 is 10.6 Å². The van der Waals surface area contributed by atoms with Crippen LogP contribution in [0.25, 0.3) is 0 Å². The lowest BCUT2D eigenvalue weighted by Gasteiger charge is -2.27. The molecule has 3 aromatic heterocycles. The lowest BCUT2D eigenvalue weighted by Crippen LogP contribution is -2.50. The van der Waals surface area contributed by atoms with Crippen molar-refractivity contribution in [1.82, 2.24) is 45.6 Å². The van der Waals surface area contributed by atoms with Crippen molar-refractivity contribution in [2.24, 2.45) is 17.8 Å². The zero-order valence-corrected chi connectivity index (χ0v) is 21.4. The highest BCUT2D eigenvalue weighted by molar-refractivity contribution is 6.01. The van der Waals surface area contributed by atoms with Crippen LogP contribution in [0.2, 0.25) is 0 Å². The largest absolute Gasteiger partial charge is 0.408 e. The highest BCUT2D eigenvalue weighted by Gasteiger charge is 2.48. The fourth-order valence-electron chi connectivity index (χ4n) is 4.93. The van der Waals surface area contributed by atoms with Crippen molar-refractivity contribution in [3.63, 3.8) is 0 Å². The molecule has 0 bridgehead atoms. The third kappa shape index (κ3) is 6.64. The Balaban J connectivity index is 1.40. The minimum absolute atomic E-state index is 0.126. The van der Waals surface area contributed by atoms with Crippen LogP contribution in [-0.2, 0) is 11.3 Å². The maximum atomic E-state index is 14.9. The number of nitrogens with one attached hydrogen (secondary N) is 2. The second-order valence-corrected chi connectivity index (χ2v) is 10.2. The third-order valence-corrected chi connectivity index (χ3v) is 7.01. The Bertz CT molecular complexity index is 1380. The van der Waals surface area contributed by atoms with Crippen LogP contribution in [0.15, 0.2) is 10.8 Å². The van der Waals surface area contributed by atoms with Gasteiger partial charge in [-0.3, -0.25) is 14.3 Å². The molecule has 3 aromatic rings. The van der Waals surface area contributed by atoms with Crippen LogP contribution in [-0.4, -0.2) is 70.8 Å². The van der Waals surface area contributed by atoms with E-state index in [-0.39, 0.29) is 33.8 Å². The Morgan fingerprint density at radius 3 is 2.39 bits per heavy atom. The van der Waals surface area contributed by atoms with Crippen molar-refractivity contribution in [1.29, 1.82) is 0 Å². The topological polar surface area (TPSA) is 159 Å². The summed E-state index contributed by atoms with van der Waals surface area (Å²) in [5.41, 5.74) is -0.465. The number of alkyl halides is 5. The van der Waals surface area contributed by atoms with Gasteiger partial charge in [-0.15, -0.1) is 10.2 Å². The fraction of sp³-hybridized carbons (Fsp3) is 0.636. The first-order chi connectivity index (χ1) is 19.4. The van der Waals surface area contributed by atoms with E-state index < -0.39 is 66.9 Å². The summed E-state index contributed by atoms with van der Waals surface area (Å²) in [6.45, 7) is -0.182. The smallest absolute Gasteiger partial charge is 0.338 e. The van der Waals surface area contributed by atoms with E-state index in [1.165, 1.54) is 6.92 Å². The molecule has 0 spiro atoms. The van der Waals surface area contributed by atoms with E-state index in [2.05, 4.69) is 46.2 Å². The van der Waals surface area contributed by atoms with Crippen molar-refractivity contribution < 1.29 is 40.6 Å². The van der Waals surface area contributed by atoms with Gasteiger partial charge in [0.05, 0.1) is 6.20 Å². The standard InChI is InChI=1S/C22H24F6N10O3/c1-9-16(34-41-33-9)20(39)30-17(15(10-2-3-10)11-4-5-11)21(40)29-12-7-37(32-18(12)25)13(6-14(23)24)19-31-35-36-38(19)8-22(26,27)28/h7,10-11,13-15,17H,2-6,8H2,1H3,(H,29,40)(H,30,39)/t13-,17-/m0/s1. The van der Waals surface area contributed by atoms with E-state index >= 15 is 0 Å². The van der Waals surface area contributed by atoms with Crippen molar-refractivity contribution in [2.75, 3.05) is 5.32 Å². The number of aryl methyl sites for hydroxylation is 1. The van der Waals surface area contributed by atoms with Gasteiger partial charge in [-0.2, -0.15) is 17.6 Å². The van der Waals surface area contributed by atoms with Crippen LogP contribution < -0.4 is 10.6 Å². The quantitative estimate of drug-likeness (QED) is 0.303. The summed E-state index contributed by atoms with van der Waals surface area (Å²) in [5, 5.41) is 25.4. The van der Waals surface area contributed by atoms with Gasteiger partial charge in [-0.25, -0.2) is 18.1 Å². The highest BCUT2D eigenvalue weighted by Crippen LogP contribution is 2.51. The maximum Gasteiger partial charge on any atom is 0.408 e. The Morgan fingerprint density at radius 1 is 1.15 bits per heavy atom. The molecule has 0 unspecified atom stereocenters. The molecule has 0 radical (unpaired) electrons. The number of rotatable bonds is 12. The molecule has 3 heterocycles. The number of amides is 2. The van der Waals surface area contributed by atoms with E-state index in [1.807, 2.05) is 0 Å². The Morgan fingerprint density at radius 2 is 1.83 bits per heavy atom. The number of hydrogen-bond acceptors (Lipinski definition) is 9. The van der Waals surface area contributed by atoms with Crippen LogP contribution in [0.5, 0.6) is 0 Å². The van der Waals surface area contributed by atoms with E-state index in [0.717, 1.165) is 31.9 Å². The number of halogens is 6. The molecule has 2 aliphatic rings. The van der Waals surface area contributed by atoms with Crippen molar-refractivity contribution >= 4 is 17.5 Å². The summed E-state index contributed by atoms with van der Waals surface area (Å²) >= 11 is 0. The molecular formula is C22H24F6N10O3. The van der Waals surface area contributed by atoms with Gasteiger partial charge >= 0.3 is 6.18 Å². The Labute approximate surface area is 227 Å². The van der Waals surface area contributed by atoms with E-state index in [1.54, 1.807) is 0 Å². The summed E-state index contributed by atoms with van der Waals surface area (Å²) in [5.74, 6) is -3.37. The molecule has 2 fully saturated rings. The zero-order chi connectivity index (χ0) is 29.5. The number of nitrogens with zero attached hydrogens (tertiary/aromatic N) is 8. The average molecular weight is 590 g/mol. The fourth-order valence-corrected chi connectivity index (χ4v) is 4.93. The average Bonchev–Trinajstić information content (AvgIpc) is 3.78. The van der Waals surface area contributed by atoms with Gasteiger partial charge in [0, 0.05) is 6.42 Å². The first-order valence-corrected chi connectivity index (χ1v) is 12.7. The number of carbonyl (C=O) groups is 2. The van der Waals surface area contributed by atoms with Gasteiger partial charge in [0.15, 0.2) is 11.5 Å². The molecule has 2 amide bonds. The van der Waals surface area contributed by atoms with Gasteiger partial charge in [0.2, 0.25) is 12.3 Å². The molecule has 2 aliphatic carbocycles. The minimum atomic E-state index is -4.77. The molecule has 222 valence electrons. The monoisotopic (exact) mass is 590 g/mol. The summed E-state index contributed by atoms with van der Waals surface area (Å²) in [7, 11) is 0. The molecule has 13 nitrogen and oxygen atoms in total. The molecule has 0 aromatic carbocycles. The number of aromatic nitrogens is 8. The Hall–Kier alpha value is -4.06. The molecular weight excluding hydrogens is 566 g/mol. The van der Waals surface area contributed by atoms with Gasteiger partial charge in [-0.1, -0.05) is 5.16 Å². The van der Waals surface area contributed by atoms with Gasteiger partial charge in [0.1, 0.15) is 30.0 Å². The van der Waals surface area contributed by atoms with E-state index in [0.29, 0.717) is 4.68 Å². The number of carbonyl (C=O) groups excluding carboxylic acids is 2. The number of hydrogen-bond donors (Lipinski definition) is 2. The van der Waals surface area contributed by atoms with E-state index in [4.69, 9.17) is 0 Å². The zero-order valence-electron chi connectivity index (χ0n) is 21.4. The SMILES string of the molecule is Cc1nonc1C(=O)N[C@H](C(=O)Nc1cn([C@@H](CC(F)F)c2nnnn2CC(F)(F)F)nc1F)C(C1CC1)C1CC1. The molecule has 41 heavy (non-hydrogen) atoms. The van der Waals surface area contributed by atoms with Crippen LogP contribution in [0, 0.1) is 30.6 Å². The number of tetrazole rings is 1. The second-order valence-electron chi connectivity index (χ2n) is 10.2. The summed E-state index contributed by atoms with van der Waals surface area (Å²) in [4.78, 5) is 26.4. The van der Waals surface area contributed by atoms with Crippen molar-refractivity contribution in [2.45, 2.75) is 70.3 Å². The van der Waals surface area contributed by atoms with E-state index in [9.17, 15) is 35.9 Å². The summed E-state index contributed by atoms with van der Waals surface area (Å²) in [6, 6.07) is -2.81. The van der Waals surface area contributed by atoms with Gasteiger partial charge in [0.25, 0.3) is 11.9 Å².